The summed E-state index contributed by atoms with van der Waals surface area (Å²) >= 11 is 4.63. The summed E-state index contributed by atoms with van der Waals surface area (Å²) < 4.78 is 0.785. The molecule has 140 valence electrons. The molecule has 1 atom stereocenters. The molecule has 1 saturated heterocycles. The highest BCUT2D eigenvalue weighted by atomic mass is 79.9. The summed E-state index contributed by atoms with van der Waals surface area (Å²) in [5.74, 6) is -1.78. The fourth-order valence-corrected chi connectivity index (χ4v) is 4.20. The summed E-state index contributed by atoms with van der Waals surface area (Å²) in [5.41, 5.74) is 1.07. The molecular weight excluding hydrogens is 444 g/mol. The Kier molecular flexibility index (Phi) is 4.78. The van der Waals surface area contributed by atoms with Gasteiger partial charge in [0.05, 0.1) is 11.6 Å². The van der Waals surface area contributed by atoms with Crippen LogP contribution in [0.2, 0.25) is 0 Å². The molecule has 1 N–H and O–H groups in total. The zero-order valence-corrected chi connectivity index (χ0v) is 16.9. The van der Waals surface area contributed by atoms with Crippen molar-refractivity contribution in [3.63, 3.8) is 0 Å². The molecule has 2 aromatic heterocycles. The number of ketones is 1. The molecular formula is C19H13BrN4O3S. The van der Waals surface area contributed by atoms with Gasteiger partial charge in [0, 0.05) is 22.4 Å². The highest BCUT2D eigenvalue weighted by molar-refractivity contribution is 9.10. The molecule has 3 aromatic rings. The van der Waals surface area contributed by atoms with Crippen molar-refractivity contribution in [2.75, 3.05) is 4.90 Å². The van der Waals surface area contributed by atoms with E-state index in [9.17, 15) is 14.7 Å². The van der Waals surface area contributed by atoms with Gasteiger partial charge in [0.15, 0.2) is 0 Å². The monoisotopic (exact) mass is 456 g/mol. The van der Waals surface area contributed by atoms with Crippen molar-refractivity contribution in [1.29, 1.82) is 0 Å². The predicted octanol–water partition coefficient (Wildman–Crippen LogP) is 3.63. The Labute approximate surface area is 172 Å². The minimum absolute atomic E-state index is 0.00199. The van der Waals surface area contributed by atoms with E-state index < -0.39 is 17.7 Å². The van der Waals surface area contributed by atoms with E-state index in [1.165, 1.54) is 28.6 Å². The third-order valence-corrected chi connectivity index (χ3v) is 5.62. The first-order valence-electron chi connectivity index (χ1n) is 8.24. The number of aliphatic hydroxyl groups excluding tert-OH is 1. The van der Waals surface area contributed by atoms with E-state index in [0.29, 0.717) is 21.3 Å². The lowest BCUT2D eigenvalue weighted by Crippen LogP contribution is -2.29. The Morgan fingerprint density at radius 3 is 2.57 bits per heavy atom. The lowest BCUT2D eigenvalue weighted by atomic mass is 9.96. The number of benzene rings is 1. The summed E-state index contributed by atoms with van der Waals surface area (Å²) in [6.45, 7) is 1.77. The van der Waals surface area contributed by atoms with Crippen LogP contribution in [0.1, 0.15) is 22.2 Å². The molecule has 1 aromatic carbocycles. The van der Waals surface area contributed by atoms with E-state index in [-0.39, 0.29) is 11.3 Å². The summed E-state index contributed by atoms with van der Waals surface area (Å²) in [5, 5.41) is 19.9. The van der Waals surface area contributed by atoms with Crippen molar-refractivity contribution < 1.29 is 14.7 Å². The van der Waals surface area contributed by atoms with Crippen LogP contribution in [0.5, 0.6) is 0 Å². The number of amides is 1. The predicted molar refractivity (Wildman–Crippen MR) is 108 cm³/mol. The van der Waals surface area contributed by atoms with E-state index in [1.54, 1.807) is 37.3 Å². The SMILES string of the molecule is Cc1nnc(N2C(=O)C(=O)/C(=C(/O)c3ccncc3)C2c2cccc(Br)c2)s1. The van der Waals surface area contributed by atoms with Gasteiger partial charge in [-0.15, -0.1) is 10.2 Å². The van der Waals surface area contributed by atoms with Gasteiger partial charge in [0.2, 0.25) is 5.13 Å². The average Bonchev–Trinajstić information content (AvgIpc) is 3.23. The number of hydrogen-bond donors (Lipinski definition) is 1. The molecule has 4 rings (SSSR count). The van der Waals surface area contributed by atoms with Crippen molar-refractivity contribution in [2.24, 2.45) is 0 Å². The number of nitrogens with zero attached hydrogens (tertiary/aromatic N) is 4. The highest BCUT2D eigenvalue weighted by Gasteiger charge is 2.48. The van der Waals surface area contributed by atoms with Crippen LogP contribution in [0.15, 0.2) is 58.8 Å². The highest BCUT2D eigenvalue weighted by Crippen LogP contribution is 2.43. The second-order valence-electron chi connectivity index (χ2n) is 6.06. The van der Waals surface area contributed by atoms with Crippen molar-refractivity contribution >= 4 is 49.8 Å². The maximum absolute atomic E-state index is 12.9. The second-order valence-corrected chi connectivity index (χ2v) is 8.14. The molecule has 3 heterocycles. The van der Waals surface area contributed by atoms with Gasteiger partial charge in [0.25, 0.3) is 5.78 Å². The fraction of sp³-hybridized carbons (Fsp3) is 0.105. The lowest BCUT2D eigenvalue weighted by Gasteiger charge is -2.22. The Bertz CT molecular complexity index is 1110. The Hall–Kier alpha value is -2.91. The number of halogens is 1. The molecule has 7 nitrogen and oxygen atoms in total. The zero-order chi connectivity index (χ0) is 19.8. The van der Waals surface area contributed by atoms with Gasteiger partial charge in [-0.3, -0.25) is 19.5 Å². The van der Waals surface area contributed by atoms with Crippen LogP contribution >= 0.6 is 27.3 Å². The molecule has 1 amide bonds. The normalized spacial score (nSPS) is 18.6. The van der Waals surface area contributed by atoms with Crippen molar-refractivity contribution in [3.05, 3.63) is 75.0 Å². The van der Waals surface area contributed by atoms with E-state index in [2.05, 4.69) is 31.1 Å². The number of hydrogen-bond acceptors (Lipinski definition) is 7. The number of aromatic nitrogens is 3. The second kappa shape index (κ2) is 7.25. The van der Waals surface area contributed by atoms with Crippen LogP contribution in [0.3, 0.4) is 0 Å². The third-order valence-electron chi connectivity index (χ3n) is 4.28. The molecule has 28 heavy (non-hydrogen) atoms. The summed E-state index contributed by atoms with van der Waals surface area (Å²) in [6, 6.07) is 9.58. The largest absolute Gasteiger partial charge is 0.507 e. The summed E-state index contributed by atoms with van der Waals surface area (Å²) in [7, 11) is 0. The fourth-order valence-electron chi connectivity index (χ4n) is 3.07. The number of aryl methyl sites for hydroxylation is 1. The van der Waals surface area contributed by atoms with Gasteiger partial charge in [-0.2, -0.15) is 0 Å². The topological polar surface area (TPSA) is 96.3 Å². The Morgan fingerprint density at radius 2 is 1.93 bits per heavy atom. The van der Waals surface area contributed by atoms with Crippen LogP contribution in [0.25, 0.3) is 5.76 Å². The smallest absolute Gasteiger partial charge is 0.301 e. The Morgan fingerprint density at radius 1 is 1.18 bits per heavy atom. The van der Waals surface area contributed by atoms with Crippen LogP contribution in [0, 0.1) is 6.92 Å². The number of pyridine rings is 1. The average molecular weight is 457 g/mol. The number of anilines is 1. The van der Waals surface area contributed by atoms with E-state index in [0.717, 1.165) is 4.47 Å². The van der Waals surface area contributed by atoms with Crippen molar-refractivity contribution in [2.45, 2.75) is 13.0 Å². The number of carbonyl (C=O) groups excluding carboxylic acids is 2. The van der Waals surface area contributed by atoms with Gasteiger partial charge in [-0.1, -0.05) is 39.4 Å². The standard InChI is InChI=1S/C19H13BrN4O3S/c1-10-22-23-19(28-10)24-15(12-3-2-4-13(20)9-12)14(17(26)18(24)27)16(25)11-5-7-21-8-6-11/h2-9,15,25H,1H3/b16-14+. The van der Waals surface area contributed by atoms with Crippen LogP contribution in [0.4, 0.5) is 5.13 Å². The molecule has 1 aliphatic rings. The maximum Gasteiger partial charge on any atom is 0.301 e. The molecule has 0 aliphatic carbocycles. The summed E-state index contributed by atoms with van der Waals surface area (Å²) in [4.78, 5) is 31.0. The quantitative estimate of drug-likeness (QED) is 0.367. The number of Topliss-reactive ketones (excluding diaryl/α,β-unsaturated/α-hetero) is 1. The van der Waals surface area contributed by atoms with Gasteiger partial charge >= 0.3 is 5.91 Å². The van der Waals surface area contributed by atoms with Crippen LogP contribution in [-0.2, 0) is 9.59 Å². The van der Waals surface area contributed by atoms with Crippen LogP contribution in [-0.4, -0.2) is 32.0 Å². The number of aliphatic hydroxyl groups is 1. The van der Waals surface area contributed by atoms with E-state index >= 15 is 0 Å². The van der Waals surface area contributed by atoms with Gasteiger partial charge in [-0.25, -0.2) is 0 Å². The number of carbonyl (C=O) groups is 2. The van der Waals surface area contributed by atoms with Crippen LogP contribution < -0.4 is 4.90 Å². The van der Waals surface area contributed by atoms with Gasteiger partial charge in [0.1, 0.15) is 10.8 Å². The third kappa shape index (κ3) is 3.12. The number of rotatable bonds is 3. The molecule has 0 radical (unpaired) electrons. The minimum atomic E-state index is -0.821. The first-order chi connectivity index (χ1) is 13.5. The molecule has 1 unspecified atom stereocenters. The molecule has 0 saturated carbocycles. The Balaban J connectivity index is 1.96. The van der Waals surface area contributed by atoms with Crippen molar-refractivity contribution in [3.8, 4) is 0 Å². The minimum Gasteiger partial charge on any atom is -0.507 e. The molecule has 1 aliphatic heterocycles. The molecule has 0 bridgehead atoms. The lowest BCUT2D eigenvalue weighted by molar-refractivity contribution is -0.132. The van der Waals surface area contributed by atoms with Crippen molar-refractivity contribution in [1.82, 2.24) is 15.2 Å². The van der Waals surface area contributed by atoms with Gasteiger partial charge in [-0.05, 0) is 36.8 Å². The molecule has 0 spiro atoms. The summed E-state index contributed by atoms with van der Waals surface area (Å²) in [6.07, 6.45) is 3.01. The van der Waals surface area contributed by atoms with E-state index in [4.69, 9.17) is 0 Å². The molecule has 1 fully saturated rings. The van der Waals surface area contributed by atoms with E-state index in [1.807, 2.05) is 6.07 Å². The zero-order valence-electron chi connectivity index (χ0n) is 14.5. The maximum atomic E-state index is 12.9. The van der Waals surface area contributed by atoms with Gasteiger partial charge < -0.3 is 5.11 Å². The molecule has 9 heteroatoms. The first-order valence-corrected chi connectivity index (χ1v) is 9.85. The first kappa shape index (κ1) is 18.5.